The Morgan fingerprint density at radius 3 is 2.60 bits per heavy atom. The summed E-state index contributed by atoms with van der Waals surface area (Å²) in [6.07, 6.45) is 0. The average molecular weight is 236 g/mol. The van der Waals surface area contributed by atoms with Crippen LogP contribution in [0.1, 0.15) is 20.8 Å². The molecule has 2 heteroatoms. The predicted octanol–water partition coefficient (Wildman–Crippen LogP) is 5.04. The van der Waals surface area contributed by atoms with Crippen LogP contribution in [0.2, 0.25) is 0 Å². The minimum Gasteiger partial charge on any atom is -0.129 e. The number of thiophene rings is 1. The quantitative estimate of drug-likeness (QED) is 0.658. The SMILES string of the molecule is CC(C)(C)CSc1cc2ccccc2s1. The van der Waals surface area contributed by atoms with Gasteiger partial charge in [-0.3, -0.25) is 0 Å². The van der Waals surface area contributed by atoms with Gasteiger partial charge in [-0.2, -0.15) is 0 Å². The van der Waals surface area contributed by atoms with E-state index >= 15 is 0 Å². The fourth-order valence-corrected chi connectivity index (χ4v) is 3.58. The van der Waals surface area contributed by atoms with Gasteiger partial charge in [0.2, 0.25) is 0 Å². The van der Waals surface area contributed by atoms with E-state index in [1.807, 2.05) is 23.1 Å². The molecule has 0 bridgehead atoms. The first kappa shape index (κ1) is 11.0. The Morgan fingerprint density at radius 1 is 1.20 bits per heavy atom. The third kappa shape index (κ3) is 2.99. The molecule has 0 unspecified atom stereocenters. The predicted molar refractivity (Wildman–Crippen MR) is 72.0 cm³/mol. The van der Waals surface area contributed by atoms with Gasteiger partial charge in [-0.25, -0.2) is 0 Å². The van der Waals surface area contributed by atoms with Crippen LogP contribution in [-0.2, 0) is 0 Å². The van der Waals surface area contributed by atoms with Gasteiger partial charge in [-0.1, -0.05) is 39.0 Å². The molecular weight excluding hydrogens is 220 g/mol. The molecule has 0 atom stereocenters. The van der Waals surface area contributed by atoms with Gasteiger partial charge in [-0.15, -0.1) is 23.1 Å². The highest BCUT2D eigenvalue weighted by Crippen LogP contribution is 2.35. The lowest BCUT2D eigenvalue weighted by Gasteiger charge is -2.16. The van der Waals surface area contributed by atoms with Gasteiger partial charge in [0.25, 0.3) is 0 Å². The van der Waals surface area contributed by atoms with E-state index in [-0.39, 0.29) is 0 Å². The first-order valence-corrected chi connectivity index (χ1v) is 6.96. The summed E-state index contributed by atoms with van der Waals surface area (Å²) >= 11 is 3.87. The molecular formula is C13H16S2. The highest BCUT2D eigenvalue weighted by Gasteiger charge is 2.11. The van der Waals surface area contributed by atoms with Crippen LogP contribution in [0.3, 0.4) is 0 Å². The number of thioether (sulfide) groups is 1. The van der Waals surface area contributed by atoms with Crippen molar-refractivity contribution in [1.29, 1.82) is 0 Å². The lowest BCUT2D eigenvalue weighted by molar-refractivity contribution is 0.481. The van der Waals surface area contributed by atoms with Crippen molar-refractivity contribution < 1.29 is 0 Å². The Kier molecular flexibility index (Phi) is 3.08. The molecule has 0 radical (unpaired) electrons. The number of hydrogen-bond donors (Lipinski definition) is 0. The minimum atomic E-state index is 0.404. The maximum Gasteiger partial charge on any atom is 0.0611 e. The van der Waals surface area contributed by atoms with Crippen molar-refractivity contribution >= 4 is 33.2 Å². The molecule has 15 heavy (non-hydrogen) atoms. The monoisotopic (exact) mass is 236 g/mol. The van der Waals surface area contributed by atoms with E-state index in [9.17, 15) is 0 Å². The molecule has 2 aromatic rings. The molecule has 80 valence electrons. The fraction of sp³-hybridized carbons (Fsp3) is 0.385. The third-order valence-corrected chi connectivity index (χ3v) is 4.98. The zero-order valence-electron chi connectivity index (χ0n) is 9.41. The molecule has 0 fully saturated rings. The lowest BCUT2D eigenvalue weighted by Crippen LogP contribution is -2.07. The van der Waals surface area contributed by atoms with Crippen molar-refractivity contribution in [2.45, 2.75) is 25.0 Å². The van der Waals surface area contributed by atoms with Crippen LogP contribution in [-0.4, -0.2) is 5.75 Å². The van der Waals surface area contributed by atoms with Crippen LogP contribution in [0.15, 0.2) is 34.5 Å². The van der Waals surface area contributed by atoms with Gasteiger partial charge >= 0.3 is 0 Å². The smallest absolute Gasteiger partial charge is 0.0611 e. The Bertz CT molecular complexity index is 416. The van der Waals surface area contributed by atoms with Gasteiger partial charge < -0.3 is 0 Å². The molecule has 0 amide bonds. The van der Waals surface area contributed by atoms with E-state index in [0.29, 0.717) is 5.41 Å². The van der Waals surface area contributed by atoms with Gasteiger partial charge in [0.05, 0.1) is 4.21 Å². The summed E-state index contributed by atoms with van der Waals surface area (Å²) in [5, 5.41) is 1.37. The Hall–Kier alpha value is -0.470. The molecule has 0 saturated heterocycles. The normalized spacial score (nSPS) is 12.2. The summed E-state index contributed by atoms with van der Waals surface area (Å²) in [4.78, 5) is 0. The molecule has 0 nitrogen and oxygen atoms in total. The van der Waals surface area contributed by atoms with Crippen molar-refractivity contribution in [3.63, 3.8) is 0 Å². The third-order valence-electron chi connectivity index (χ3n) is 2.05. The molecule has 0 N–H and O–H groups in total. The summed E-state index contributed by atoms with van der Waals surface area (Å²) in [5.41, 5.74) is 0.404. The van der Waals surface area contributed by atoms with Crippen LogP contribution < -0.4 is 0 Å². The summed E-state index contributed by atoms with van der Waals surface area (Å²) in [6, 6.07) is 10.9. The highest BCUT2D eigenvalue weighted by molar-refractivity contribution is 8.01. The second kappa shape index (κ2) is 4.18. The summed E-state index contributed by atoms with van der Waals surface area (Å²) in [6.45, 7) is 6.86. The maximum atomic E-state index is 2.30. The van der Waals surface area contributed by atoms with Crippen LogP contribution in [0.25, 0.3) is 10.1 Å². The van der Waals surface area contributed by atoms with Crippen molar-refractivity contribution in [3.8, 4) is 0 Å². The van der Waals surface area contributed by atoms with Gasteiger partial charge in [0.1, 0.15) is 0 Å². The molecule has 1 aromatic carbocycles. The van der Waals surface area contributed by atoms with E-state index in [1.165, 1.54) is 20.0 Å². The van der Waals surface area contributed by atoms with Crippen LogP contribution >= 0.6 is 23.1 Å². The summed E-state index contributed by atoms with van der Waals surface area (Å²) in [5.74, 6) is 1.18. The number of fused-ring (bicyclic) bond motifs is 1. The summed E-state index contributed by atoms with van der Waals surface area (Å²) < 4.78 is 2.83. The van der Waals surface area contributed by atoms with Gasteiger partial charge in [0.15, 0.2) is 0 Å². The molecule has 2 rings (SSSR count). The standard InChI is InChI=1S/C13H16S2/c1-13(2,3)9-14-12-8-10-6-4-5-7-11(10)15-12/h4-8H,9H2,1-3H3. The Labute approximate surface area is 99.7 Å². The molecule has 0 aliphatic carbocycles. The van der Waals surface area contributed by atoms with E-state index in [2.05, 4.69) is 51.1 Å². The average Bonchev–Trinajstić information content (AvgIpc) is 2.56. The van der Waals surface area contributed by atoms with E-state index in [0.717, 1.165) is 0 Å². The zero-order valence-corrected chi connectivity index (χ0v) is 11.0. The first-order chi connectivity index (χ1) is 7.04. The largest absolute Gasteiger partial charge is 0.129 e. The minimum absolute atomic E-state index is 0.404. The van der Waals surface area contributed by atoms with Crippen LogP contribution in [0, 0.1) is 5.41 Å². The van der Waals surface area contributed by atoms with E-state index in [4.69, 9.17) is 0 Å². The van der Waals surface area contributed by atoms with Crippen molar-refractivity contribution in [3.05, 3.63) is 30.3 Å². The Balaban J connectivity index is 2.16. The summed E-state index contributed by atoms with van der Waals surface area (Å²) in [7, 11) is 0. The van der Waals surface area contributed by atoms with Crippen LogP contribution in [0.5, 0.6) is 0 Å². The van der Waals surface area contributed by atoms with Crippen molar-refractivity contribution in [2.75, 3.05) is 5.75 Å². The molecule has 1 aromatic heterocycles. The second-order valence-corrected chi connectivity index (χ2v) is 7.31. The first-order valence-electron chi connectivity index (χ1n) is 5.16. The number of hydrogen-bond acceptors (Lipinski definition) is 2. The highest BCUT2D eigenvalue weighted by atomic mass is 32.2. The molecule has 0 aliphatic heterocycles. The van der Waals surface area contributed by atoms with Crippen molar-refractivity contribution in [2.24, 2.45) is 5.41 Å². The molecule has 0 aliphatic rings. The molecule has 0 spiro atoms. The number of benzene rings is 1. The second-order valence-electron chi connectivity index (χ2n) is 4.95. The molecule has 1 heterocycles. The maximum absolute atomic E-state index is 2.30. The lowest BCUT2D eigenvalue weighted by atomic mass is 10.0. The Morgan fingerprint density at radius 2 is 1.93 bits per heavy atom. The number of rotatable bonds is 2. The van der Waals surface area contributed by atoms with Gasteiger partial charge in [-0.05, 0) is 22.9 Å². The van der Waals surface area contributed by atoms with E-state index in [1.54, 1.807) is 0 Å². The molecule has 0 saturated carbocycles. The van der Waals surface area contributed by atoms with Crippen molar-refractivity contribution in [1.82, 2.24) is 0 Å². The zero-order chi connectivity index (χ0) is 10.9. The topological polar surface area (TPSA) is 0 Å². The van der Waals surface area contributed by atoms with Gasteiger partial charge in [0, 0.05) is 10.5 Å². The fourth-order valence-electron chi connectivity index (χ4n) is 1.32. The van der Waals surface area contributed by atoms with E-state index < -0.39 is 0 Å². The van der Waals surface area contributed by atoms with Crippen LogP contribution in [0.4, 0.5) is 0 Å².